The average molecular weight is 393 g/mol. The zero-order valence-electron chi connectivity index (χ0n) is 16.4. The number of methoxy groups -OCH3 is 3. The predicted octanol–water partition coefficient (Wildman–Crippen LogP) is 2.60. The lowest BCUT2D eigenvalue weighted by atomic mass is 10.0. The van der Waals surface area contributed by atoms with E-state index >= 15 is 0 Å². The Kier molecular flexibility index (Phi) is 4.63. The molecule has 0 saturated carbocycles. The number of rotatable bonds is 5. The molecule has 0 fully saturated rings. The molecule has 9 heteroatoms. The van der Waals surface area contributed by atoms with Crippen molar-refractivity contribution in [1.29, 1.82) is 0 Å². The van der Waals surface area contributed by atoms with Gasteiger partial charge in [0.05, 0.1) is 33.7 Å². The molecule has 0 aliphatic carbocycles. The molecule has 4 aromatic rings. The lowest BCUT2D eigenvalue weighted by Crippen LogP contribution is -2.07. The van der Waals surface area contributed by atoms with Crippen LogP contribution in [0.1, 0.15) is 10.4 Å². The Hall–Kier alpha value is -3.88. The number of aromatic nitrogens is 5. The Morgan fingerprint density at radius 2 is 1.59 bits per heavy atom. The normalized spacial score (nSPS) is 10.9. The number of carbonyl (C=O) groups excluding carboxylic acids is 1. The maximum Gasteiger partial charge on any atom is 0.345 e. The van der Waals surface area contributed by atoms with Crippen molar-refractivity contribution in [2.75, 3.05) is 21.3 Å². The largest absolute Gasteiger partial charge is 0.496 e. The number of ether oxygens (including phenoxy) is 3. The van der Waals surface area contributed by atoms with Gasteiger partial charge < -0.3 is 14.2 Å². The molecular formula is C20H19N5O4. The van der Waals surface area contributed by atoms with E-state index in [2.05, 4.69) is 15.2 Å². The Morgan fingerprint density at radius 3 is 2.17 bits per heavy atom. The molecule has 148 valence electrons. The van der Waals surface area contributed by atoms with Crippen LogP contribution in [0.5, 0.6) is 11.5 Å². The molecule has 0 amide bonds. The summed E-state index contributed by atoms with van der Waals surface area (Å²) in [6.45, 7) is 0. The highest BCUT2D eigenvalue weighted by Gasteiger charge is 2.22. The van der Waals surface area contributed by atoms with Gasteiger partial charge in [-0.3, -0.25) is 4.68 Å². The summed E-state index contributed by atoms with van der Waals surface area (Å²) in [6.07, 6.45) is 9.05. The number of carbonyl (C=O) groups is 1. The number of esters is 1. The Bertz CT molecular complexity index is 1190. The second kappa shape index (κ2) is 7.27. The molecule has 0 aliphatic heterocycles. The van der Waals surface area contributed by atoms with Crippen LogP contribution in [0.4, 0.5) is 0 Å². The second-order valence-corrected chi connectivity index (χ2v) is 6.32. The van der Waals surface area contributed by atoms with Crippen LogP contribution in [0.15, 0.2) is 43.1 Å². The maximum atomic E-state index is 12.1. The number of aryl methyl sites for hydroxylation is 1. The Morgan fingerprint density at radius 1 is 0.897 bits per heavy atom. The fraction of sp³-hybridized carbons (Fsp3) is 0.200. The maximum absolute atomic E-state index is 12.1. The average Bonchev–Trinajstić information content (AvgIpc) is 3.37. The minimum atomic E-state index is -0.538. The summed E-state index contributed by atoms with van der Waals surface area (Å²) in [7, 11) is 6.14. The second-order valence-electron chi connectivity index (χ2n) is 6.32. The van der Waals surface area contributed by atoms with E-state index < -0.39 is 5.97 Å². The Labute approximate surface area is 166 Å². The third-order valence-electron chi connectivity index (χ3n) is 4.60. The summed E-state index contributed by atoms with van der Waals surface area (Å²) in [5.74, 6) is 0.152. The fourth-order valence-electron chi connectivity index (χ4n) is 3.17. The lowest BCUT2D eigenvalue weighted by Gasteiger charge is -2.13. The van der Waals surface area contributed by atoms with E-state index in [1.807, 2.05) is 19.4 Å². The molecule has 0 aliphatic rings. The molecule has 29 heavy (non-hydrogen) atoms. The molecule has 0 spiro atoms. The zero-order valence-corrected chi connectivity index (χ0v) is 16.4. The van der Waals surface area contributed by atoms with Crippen molar-refractivity contribution >= 4 is 11.6 Å². The van der Waals surface area contributed by atoms with E-state index in [0.717, 1.165) is 22.3 Å². The van der Waals surface area contributed by atoms with Crippen molar-refractivity contribution in [1.82, 2.24) is 24.4 Å². The molecule has 0 N–H and O–H groups in total. The van der Waals surface area contributed by atoms with Crippen LogP contribution in [0, 0.1) is 0 Å². The minimum absolute atomic E-state index is 0.226. The van der Waals surface area contributed by atoms with Crippen LogP contribution in [0.2, 0.25) is 0 Å². The van der Waals surface area contributed by atoms with Crippen LogP contribution >= 0.6 is 0 Å². The van der Waals surface area contributed by atoms with Crippen LogP contribution in [0.25, 0.3) is 27.9 Å². The summed E-state index contributed by atoms with van der Waals surface area (Å²) >= 11 is 0. The number of hydrogen-bond donors (Lipinski definition) is 0. The topological polar surface area (TPSA) is 92.8 Å². The van der Waals surface area contributed by atoms with Crippen molar-refractivity contribution in [3.05, 3.63) is 48.7 Å². The van der Waals surface area contributed by atoms with E-state index in [4.69, 9.17) is 14.2 Å². The third kappa shape index (κ3) is 3.16. The molecular weight excluding hydrogens is 374 g/mol. The van der Waals surface area contributed by atoms with Crippen molar-refractivity contribution in [2.24, 2.45) is 7.05 Å². The van der Waals surface area contributed by atoms with Crippen LogP contribution in [-0.2, 0) is 11.8 Å². The van der Waals surface area contributed by atoms with Crippen LogP contribution in [0.3, 0.4) is 0 Å². The van der Waals surface area contributed by atoms with E-state index in [-0.39, 0.29) is 5.56 Å². The smallest absolute Gasteiger partial charge is 0.345 e. The number of fused-ring (bicyclic) bond motifs is 1. The van der Waals surface area contributed by atoms with Gasteiger partial charge in [-0.25, -0.2) is 14.3 Å². The molecule has 4 rings (SSSR count). The monoisotopic (exact) mass is 393 g/mol. The molecule has 1 aromatic carbocycles. The van der Waals surface area contributed by atoms with E-state index in [9.17, 15) is 4.79 Å². The highest BCUT2D eigenvalue weighted by Crippen LogP contribution is 2.36. The third-order valence-corrected chi connectivity index (χ3v) is 4.60. The first-order chi connectivity index (χ1) is 14.0. The van der Waals surface area contributed by atoms with Gasteiger partial charge in [-0.2, -0.15) is 10.2 Å². The Balaban J connectivity index is 1.83. The van der Waals surface area contributed by atoms with Crippen molar-refractivity contribution in [2.45, 2.75) is 0 Å². The molecule has 3 aromatic heterocycles. The molecule has 0 radical (unpaired) electrons. The van der Waals surface area contributed by atoms with Gasteiger partial charge in [-0.1, -0.05) is 0 Å². The van der Waals surface area contributed by atoms with Crippen molar-refractivity contribution < 1.29 is 19.0 Å². The van der Waals surface area contributed by atoms with Gasteiger partial charge >= 0.3 is 5.97 Å². The van der Waals surface area contributed by atoms with E-state index in [0.29, 0.717) is 17.1 Å². The number of benzene rings is 1. The molecule has 3 heterocycles. The van der Waals surface area contributed by atoms with Gasteiger partial charge in [0.15, 0.2) is 5.65 Å². The summed E-state index contributed by atoms with van der Waals surface area (Å²) in [5.41, 5.74) is 4.26. The van der Waals surface area contributed by atoms with Crippen LogP contribution in [-0.4, -0.2) is 51.7 Å². The first-order valence-electron chi connectivity index (χ1n) is 8.72. The summed E-state index contributed by atoms with van der Waals surface area (Å²) in [6, 6.07) is 3.48. The summed E-state index contributed by atoms with van der Waals surface area (Å²) < 4.78 is 19.1. The van der Waals surface area contributed by atoms with Gasteiger partial charge in [0.25, 0.3) is 0 Å². The quantitative estimate of drug-likeness (QED) is 0.481. The summed E-state index contributed by atoms with van der Waals surface area (Å²) in [5, 5.41) is 8.61. The number of hydrogen-bond acceptors (Lipinski definition) is 7. The van der Waals surface area contributed by atoms with Gasteiger partial charge in [0.2, 0.25) is 0 Å². The van der Waals surface area contributed by atoms with Crippen molar-refractivity contribution in [3.8, 4) is 33.8 Å². The molecule has 0 unspecified atom stereocenters. The molecule has 0 bridgehead atoms. The SMILES string of the molecule is COC(=O)c1c(OC)cc(-c2cnn3cc(-c4cnn(C)c4)cnc23)cc1OC. The highest BCUT2D eigenvalue weighted by molar-refractivity contribution is 5.97. The van der Waals surface area contributed by atoms with Crippen LogP contribution < -0.4 is 9.47 Å². The van der Waals surface area contributed by atoms with Gasteiger partial charge in [-0.15, -0.1) is 0 Å². The zero-order chi connectivity index (χ0) is 20.5. The first kappa shape index (κ1) is 18.5. The fourth-order valence-corrected chi connectivity index (χ4v) is 3.17. The predicted molar refractivity (Wildman–Crippen MR) is 105 cm³/mol. The van der Waals surface area contributed by atoms with E-state index in [1.165, 1.54) is 21.3 Å². The van der Waals surface area contributed by atoms with E-state index in [1.54, 1.807) is 39.9 Å². The number of nitrogens with zero attached hydrogens (tertiary/aromatic N) is 5. The molecule has 0 atom stereocenters. The molecule has 0 saturated heterocycles. The van der Waals surface area contributed by atoms with Gasteiger partial charge in [0.1, 0.15) is 17.1 Å². The minimum Gasteiger partial charge on any atom is -0.496 e. The molecule has 9 nitrogen and oxygen atoms in total. The lowest BCUT2D eigenvalue weighted by molar-refractivity contribution is 0.0593. The standard InChI is InChI=1S/C20H19N5O4/c1-24-10-14(8-22-24)13-7-21-19-15(9-23-25(19)11-13)12-5-16(27-2)18(20(26)29-4)17(6-12)28-3/h5-11H,1-4H3. The highest BCUT2D eigenvalue weighted by atomic mass is 16.5. The van der Waals surface area contributed by atoms with Crippen molar-refractivity contribution in [3.63, 3.8) is 0 Å². The van der Waals surface area contributed by atoms with Gasteiger partial charge in [0, 0.05) is 42.3 Å². The van der Waals surface area contributed by atoms with Gasteiger partial charge in [-0.05, 0) is 17.7 Å². The first-order valence-corrected chi connectivity index (χ1v) is 8.72. The summed E-state index contributed by atoms with van der Waals surface area (Å²) in [4.78, 5) is 16.7.